The quantitative estimate of drug-likeness (QED) is 0.815. The number of benzene rings is 2. The lowest BCUT2D eigenvalue weighted by atomic mass is 10.0. The van der Waals surface area contributed by atoms with Gasteiger partial charge in [-0.15, -0.1) is 0 Å². The lowest BCUT2D eigenvalue weighted by molar-refractivity contribution is 0.0978. The topological polar surface area (TPSA) is 29.1 Å². The molecule has 0 spiro atoms. The summed E-state index contributed by atoms with van der Waals surface area (Å²) in [7, 11) is 0. The van der Waals surface area contributed by atoms with Crippen LogP contribution >= 0.6 is 0 Å². The molecular weight excluding hydrogens is 246 g/mol. The van der Waals surface area contributed by atoms with Gasteiger partial charge in [-0.05, 0) is 31.9 Å². The van der Waals surface area contributed by atoms with Crippen molar-refractivity contribution in [3.8, 4) is 0 Å². The van der Waals surface area contributed by atoms with Crippen molar-refractivity contribution < 1.29 is 4.79 Å². The summed E-state index contributed by atoms with van der Waals surface area (Å²) in [5, 5.41) is 3.46. The highest BCUT2D eigenvalue weighted by Crippen LogP contribution is 2.21. The number of nitrogens with one attached hydrogen (secondary N) is 1. The summed E-state index contributed by atoms with van der Waals surface area (Å²) < 4.78 is 0. The molecule has 2 nitrogen and oxygen atoms in total. The van der Waals surface area contributed by atoms with Crippen LogP contribution in [0.5, 0.6) is 0 Å². The van der Waals surface area contributed by atoms with E-state index in [2.05, 4.69) is 37.4 Å². The minimum atomic E-state index is 0.113. The lowest BCUT2D eigenvalue weighted by Crippen LogP contribution is -2.20. The molecule has 1 atom stereocenters. The molecule has 0 saturated heterocycles. The van der Waals surface area contributed by atoms with Crippen LogP contribution in [0.3, 0.4) is 0 Å². The van der Waals surface area contributed by atoms with Crippen molar-refractivity contribution in [1.29, 1.82) is 0 Å². The predicted octanol–water partition coefficient (Wildman–Crippen LogP) is 4.38. The maximum atomic E-state index is 12.2. The summed E-state index contributed by atoms with van der Waals surface area (Å²) in [6.07, 6.45) is 0.498. The molecule has 20 heavy (non-hydrogen) atoms. The molecule has 2 heteroatoms. The van der Waals surface area contributed by atoms with Crippen LogP contribution in [0.15, 0.2) is 48.5 Å². The number of hydrogen-bond donors (Lipinski definition) is 1. The average molecular weight is 267 g/mol. The van der Waals surface area contributed by atoms with Gasteiger partial charge in [0.25, 0.3) is 0 Å². The Bertz CT molecular complexity index is 569. The number of carbonyl (C=O) groups excluding carboxylic acids is 1. The molecule has 1 N–H and O–H groups in total. The third-order valence-corrected chi connectivity index (χ3v) is 3.46. The second-order valence-corrected chi connectivity index (χ2v) is 5.31. The summed E-state index contributed by atoms with van der Waals surface area (Å²) in [5.74, 6) is 0.178. The van der Waals surface area contributed by atoms with Crippen LogP contribution in [0.1, 0.15) is 34.8 Å². The fourth-order valence-electron chi connectivity index (χ4n) is 2.36. The number of ketones is 1. The minimum Gasteiger partial charge on any atom is -0.382 e. The lowest BCUT2D eigenvalue weighted by Gasteiger charge is -2.18. The standard InChI is InChI=1S/C18H21NO/c1-13-8-7-9-14(2)18(13)19-15(3)12-17(20)16-10-5-4-6-11-16/h4-11,15,19H,12H2,1-3H3. The Morgan fingerprint density at radius 2 is 1.60 bits per heavy atom. The normalized spacial score (nSPS) is 11.9. The molecule has 0 aliphatic rings. The Labute approximate surface area is 120 Å². The van der Waals surface area contributed by atoms with Crippen molar-refractivity contribution in [2.75, 3.05) is 5.32 Å². The number of anilines is 1. The van der Waals surface area contributed by atoms with Gasteiger partial charge in [-0.2, -0.15) is 0 Å². The predicted molar refractivity (Wildman–Crippen MR) is 84.4 cm³/mol. The Balaban J connectivity index is 2.03. The molecular formula is C18H21NO. The molecule has 2 aromatic rings. The van der Waals surface area contributed by atoms with Crippen molar-refractivity contribution in [3.05, 3.63) is 65.2 Å². The largest absolute Gasteiger partial charge is 0.382 e. The van der Waals surface area contributed by atoms with Crippen LogP contribution < -0.4 is 5.32 Å². The van der Waals surface area contributed by atoms with Crippen LogP contribution in [0.2, 0.25) is 0 Å². The highest BCUT2D eigenvalue weighted by molar-refractivity contribution is 5.96. The monoisotopic (exact) mass is 267 g/mol. The number of rotatable bonds is 5. The van der Waals surface area contributed by atoms with E-state index in [4.69, 9.17) is 0 Å². The van der Waals surface area contributed by atoms with Crippen LogP contribution in [0.25, 0.3) is 0 Å². The van der Waals surface area contributed by atoms with Gasteiger partial charge in [-0.1, -0.05) is 48.5 Å². The van der Waals surface area contributed by atoms with E-state index in [9.17, 15) is 4.79 Å². The number of hydrogen-bond acceptors (Lipinski definition) is 2. The molecule has 0 amide bonds. The first-order valence-electron chi connectivity index (χ1n) is 6.99. The zero-order valence-electron chi connectivity index (χ0n) is 12.3. The number of aryl methyl sites for hydroxylation is 2. The number of carbonyl (C=O) groups is 1. The van der Waals surface area contributed by atoms with E-state index in [1.165, 1.54) is 11.1 Å². The van der Waals surface area contributed by atoms with Crippen LogP contribution in [-0.4, -0.2) is 11.8 Å². The van der Waals surface area contributed by atoms with Gasteiger partial charge < -0.3 is 5.32 Å². The third-order valence-electron chi connectivity index (χ3n) is 3.46. The molecule has 0 radical (unpaired) electrons. The van der Waals surface area contributed by atoms with Crippen molar-refractivity contribution in [2.24, 2.45) is 0 Å². The van der Waals surface area contributed by atoms with Gasteiger partial charge in [-0.25, -0.2) is 0 Å². The SMILES string of the molecule is Cc1cccc(C)c1NC(C)CC(=O)c1ccccc1. The summed E-state index contributed by atoms with van der Waals surface area (Å²) in [5.41, 5.74) is 4.34. The Morgan fingerprint density at radius 1 is 1.00 bits per heavy atom. The molecule has 0 saturated carbocycles. The first-order chi connectivity index (χ1) is 9.58. The van der Waals surface area contributed by atoms with Gasteiger partial charge in [-0.3, -0.25) is 4.79 Å². The highest BCUT2D eigenvalue weighted by Gasteiger charge is 2.12. The second kappa shape index (κ2) is 6.38. The molecule has 1 unspecified atom stereocenters. The molecule has 2 rings (SSSR count). The van der Waals surface area contributed by atoms with Crippen molar-refractivity contribution >= 4 is 11.5 Å². The first kappa shape index (κ1) is 14.3. The van der Waals surface area contributed by atoms with E-state index in [0.29, 0.717) is 6.42 Å². The summed E-state index contributed by atoms with van der Waals surface area (Å²) in [4.78, 5) is 12.2. The van der Waals surface area contributed by atoms with Gasteiger partial charge in [0.15, 0.2) is 5.78 Å². The molecule has 2 aromatic carbocycles. The maximum absolute atomic E-state index is 12.2. The molecule has 0 heterocycles. The molecule has 0 aliphatic heterocycles. The van der Waals surface area contributed by atoms with E-state index >= 15 is 0 Å². The van der Waals surface area contributed by atoms with E-state index in [-0.39, 0.29) is 11.8 Å². The number of Topliss-reactive ketones (excluding diaryl/α,β-unsaturated/α-hetero) is 1. The Hall–Kier alpha value is -2.09. The summed E-state index contributed by atoms with van der Waals surface area (Å²) in [6, 6.07) is 15.8. The minimum absolute atomic E-state index is 0.113. The molecule has 0 bridgehead atoms. The Morgan fingerprint density at radius 3 is 2.20 bits per heavy atom. The van der Waals surface area contributed by atoms with Gasteiger partial charge in [0.05, 0.1) is 0 Å². The first-order valence-corrected chi connectivity index (χ1v) is 6.99. The average Bonchev–Trinajstić information content (AvgIpc) is 2.44. The van der Waals surface area contributed by atoms with Gasteiger partial charge >= 0.3 is 0 Å². The van der Waals surface area contributed by atoms with Crippen LogP contribution in [0, 0.1) is 13.8 Å². The van der Waals surface area contributed by atoms with Gasteiger partial charge in [0.1, 0.15) is 0 Å². The molecule has 0 fully saturated rings. The third kappa shape index (κ3) is 3.47. The summed E-state index contributed by atoms with van der Waals surface area (Å²) in [6.45, 7) is 6.22. The smallest absolute Gasteiger partial charge is 0.164 e. The van der Waals surface area contributed by atoms with E-state index < -0.39 is 0 Å². The fraction of sp³-hybridized carbons (Fsp3) is 0.278. The van der Waals surface area contributed by atoms with E-state index in [1.54, 1.807) is 0 Å². The van der Waals surface area contributed by atoms with Crippen LogP contribution in [-0.2, 0) is 0 Å². The second-order valence-electron chi connectivity index (χ2n) is 5.31. The molecule has 0 aliphatic carbocycles. The van der Waals surface area contributed by atoms with Crippen molar-refractivity contribution in [3.63, 3.8) is 0 Å². The van der Waals surface area contributed by atoms with Gasteiger partial charge in [0, 0.05) is 23.7 Å². The van der Waals surface area contributed by atoms with Crippen molar-refractivity contribution in [2.45, 2.75) is 33.2 Å². The van der Waals surface area contributed by atoms with E-state index in [0.717, 1.165) is 11.3 Å². The maximum Gasteiger partial charge on any atom is 0.164 e. The highest BCUT2D eigenvalue weighted by atomic mass is 16.1. The van der Waals surface area contributed by atoms with Crippen LogP contribution in [0.4, 0.5) is 5.69 Å². The van der Waals surface area contributed by atoms with E-state index in [1.807, 2.05) is 37.3 Å². The molecule has 0 aromatic heterocycles. The Kier molecular flexibility index (Phi) is 4.57. The molecule has 104 valence electrons. The summed E-state index contributed by atoms with van der Waals surface area (Å²) >= 11 is 0. The zero-order valence-corrected chi connectivity index (χ0v) is 12.3. The zero-order chi connectivity index (χ0) is 14.5. The van der Waals surface area contributed by atoms with Crippen molar-refractivity contribution in [1.82, 2.24) is 0 Å². The number of para-hydroxylation sites is 1. The fourth-order valence-corrected chi connectivity index (χ4v) is 2.36. The van der Waals surface area contributed by atoms with Gasteiger partial charge in [0.2, 0.25) is 0 Å².